The van der Waals surface area contributed by atoms with Crippen LogP contribution < -0.4 is 10.6 Å². The smallest absolute Gasteiger partial charge is 0.231 e. The topological polar surface area (TPSA) is 41.1 Å². The first-order valence-electron chi connectivity index (χ1n) is 7.26. The van der Waals surface area contributed by atoms with Gasteiger partial charge in [0.2, 0.25) is 5.91 Å². The highest BCUT2D eigenvalue weighted by Gasteiger charge is 2.41. The number of nitrogens with one attached hydrogen (secondary N) is 2. The summed E-state index contributed by atoms with van der Waals surface area (Å²) in [5, 5.41) is 8.34. The normalized spacial score (nSPS) is 18.2. The van der Waals surface area contributed by atoms with Crippen LogP contribution in [-0.4, -0.2) is 26.0 Å². The first-order valence-corrected chi connectivity index (χ1v) is 8.14. The fourth-order valence-electron chi connectivity index (χ4n) is 2.93. The van der Waals surface area contributed by atoms with Crippen LogP contribution in [0.1, 0.15) is 43.4 Å². The highest BCUT2D eigenvalue weighted by molar-refractivity contribution is 7.10. The van der Waals surface area contributed by atoms with E-state index < -0.39 is 0 Å². The van der Waals surface area contributed by atoms with Gasteiger partial charge in [-0.15, -0.1) is 11.3 Å². The second-order valence-corrected chi connectivity index (χ2v) is 6.28. The summed E-state index contributed by atoms with van der Waals surface area (Å²) in [6, 6.07) is 4.19. The fraction of sp³-hybridized carbons (Fsp3) is 0.667. The maximum absolute atomic E-state index is 12.7. The zero-order chi connectivity index (χ0) is 13.6. The van der Waals surface area contributed by atoms with E-state index in [1.165, 1.54) is 24.1 Å². The Morgan fingerprint density at radius 2 is 2.11 bits per heavy atom. The Morgan fingerprint density at radius 3 is 2.74 bits per heavy atom. The van der Waals surface area contributed by atoms with Gasteiger partial charge in [-0.3, -0.25) is 4.79 Å². The van der Waals surface area contributed by atoms with Gasteiger partial charge < -0.3 is 10.6 Å². The van der Waals surface area contributed by atoms with Crippen molar-refractivity contribution in [2.75, 3.05) is 20.1 Å². The first-order chi connectivity index (χ1) is 9.29. The molecule has 2 N–H and O–H groups in total. The molecule has 1 heterocycles. The first kappa shape index (κ1) is 14.5. The van der Waals surface area contributed by atoms with Crippen molar-refractivity contribution in [3.05, 3.63) is 22.4 Å². The molecule has 1 fully saturated rings. The van der Waals surface area contributed by atoms with Gasteiger partial charge in [0.15, 0.2) is 0 Å². The zero-order valence-corrected chi connectivity index (χ0v) is 12.5. The third-order valence-electron chi connectivity index (χ3n) is 4.02. The molecule has 4 heteroatoms. The van der Waals surface area contributed by atoms with Gasteiger partial charge in [-0.2, -0.15) is 0 Å². The van der Waals surface area contributed by atoms with Crippen LogP contribution in [0, 0.1) is 0 Å². The van der Waals surface area contributed by atoms with E-state index in [-0.39, 0.29) is 11.3 Å². The largest absolute Gasteiger partial charge is 0.355 e. The molecule has 0 aliphatic heterocycles. The Balaban J connectivity index is 2.03. The Labute approximate surface area is 119 Å². The van der Waals surface area contributed by atoms with Crippen LogP contribution in [0.4, 0.5) is 0 Å². The predicted octanol–water partition coefficient (Wildman–Crippen LogP) is 2.68. The van der Waals surface area contributed by atoms with E-state index in [1.54, 1.807) is 11.3 Å². The van der Waals surface area contributed by atoms with Crippen molar-refractivity contribution in [2.45, 2.75) is 43.9 Å². The lowest BCUT2D eigenvalue weighted by Crippen LogP contribution is -2.45. The van der Waals surface area contributed by atoms with Crippen molar-refractivity contribution < 1.29 is 4.79 Å². The molecule has 1 aromatic heterocycles. The fourth-order valence-corrected chi connectivity index (χ4v) is 3.91. The van der Waals surface area contributed by atoms with E-state index in [2.05, 4.69) is 28.1 Å². The maximum Gasteiger partial charge on any atom is 0.231 e. The standard InChI is InChI=1S/C15H24N2OS/c1-16-10-6-11-17-14(18)15(8-3-2-4-9-15)13-7-5-12-19-13/h5,7,12,16H,2-4,6,8-11H2,1H3,(H,17,18). The summed E-state index contributed by atoms with van der Waals surface area (Å²) in [5.41, 5.74) is -0.244. The molecule has 1 saturated carbocycles. The molecule has 0 saturated heterocycles. The van der Waals surface area contributed by atoms with Gasteiger partial charge in [-0.1, -0.05) is 25.3 Å². The molecular formula is C15H24N2OS. The van der Waals surface area contributed by atoms with Crippen LogP contribution in [0.25, 0.3) is 0 Å². The summed E-state index contributed by atoms with van der Waals surface area (Å²) in [6.45, 7) is 1.72. The Morgan fingerprint density at radius 1 is 1.32 bits per heavy atom. The van der Waals surface area contributed by atoms with Crippen molar-refractivity contribution in [3.8, 4) is 0 Å². The van der Waals surface area contributed by atoms with E-state index in [4.69, 9.17) is 0 Å². The molecule has 2 rings (SSSR count). The minimum Gasteiger partial charge on any atom is -0.355 e. The molecule has 3 nitrogen and oxygen atoms in total. The lowest BCUT2D eigenvalue weighted by atomic mass is 9.72. The van der Waals surface area contributed by atoms with E-state index in [9.17, 15) is 4.79 Å². The molecule has 0 aromatic carbocycles. The monoisotopic (exact) mass is 280 g/mol. The number of rotatable bonds is 6. The van der Waals surface area contributed by atoms with Crippen LogP contribution in [0.3, 0.4) is 0 Å². The number of hydrogen-bond acceptors (Lipinski definition) is 3. The minimum absolute atomic E-state index is 0.241. The van der Waals surface area contributed by atoms with Gasteiger partial charge in [0.25, 0.3) is 0 Å². The van der Waals surface area contributed by atoms with Gasteiger partial charge in [0.05, 0.1) is 5.41 Å². The van der Waals surface area contributed by atoms with Crippen molar-refractivity contribution >= 4 is 17.2 Å². The lowest BCUT2D eigenvalue weighted by molar-refractivity contribution is -0.127. The van der Waals surface area contributed by atoms with Crippen LogP contribution in [0.5, 0.6) is 0 Å². The Hall–Kier alpha value is -0.870. The van der Waals surface area contributed by atoms with Crippen molar-refractivity contribution in [3.63, 3.8) is 0 Å². The predicted molar refractivity (Wildman–Crippen MR) is 80.6 cm³/mol. The SMILES string of the molecule is CNCCCNC(=O)C1(c2cccs2)CCCCC1. The third-order valence-corrected chi connectivity index (χ3v) is 5.10. The maximum atomic E-state index is 12.7. The van der Waals surface area contributed by atoms with Crippen LogP contribution in [0.15, 0.2) is 17.5 Å². The molecule has 0 spiro atoms. The minimum atomic E-state index is -0.244. The van der Waals surface area contributed by atoms with E-state index in [0.717, 1.165) is 32.4 Å². The Bertz CT molecular complexity index is 383. The van der Waals surface area contributed by atoms with Gasteiger partial charge in [-0.05, 0) is 44.3 Å². The molecule has 0 unspecified atom stereocenters. The number of carbonyl (C=O) groups excluding carboxylic acids is 1. The number of amides is 1. The molecule has 0 atom stereocenters. The van der Waals surface area contributed by atoms with E-state index in [0.29, 0.717) is 0 Å². The van der Waals surface area contributed by atoms with Gasteiger partial charge >= 0.3 is 0 Å². The number of carbonyl (C=O) groups is 1. The van der Waals surface area contributed by atoms with Gasteiger partial charge in [0.1, 0.15) is 0 Å². The molecule has 0 bridgehead atoms. The summed E-state index contributed by atoms with van der Waals surface area (Å²) in [4.78, 5) is 13.9. The highest BCUT2D eigenvalue weighted by Crippen LogP contribution is 2.41. The molecule has 1 aliphatic carbocycles. The van der Waals surface area contributed by atoms with Crippen molar-refractivity contribution in [2.24, 2.45) is 0 Å². The van der Waals surface area contributed by atoms with Crippen LogP contribution >= 0.6 is 11.3 Å². The number of thiophene rings is 1. The molecule has 1 aromatic rings. The van der Waals surface area contributed by atoms with Crippen molar-refractivity contribution in [1.82, 2.24) is 10.6 Å². The summed E-state index contributed by atoms with van der Waals surface area (Å²) in [5.74, 6) is 0.241. The molecule has 1 amide bonds. The molecule has 0 radical (unpaired) electrons. The lowest BCUT2D eigenvalue weighted by Gasteiger charge is -2.35. The molecule has 1 aliphatic rings. The third kappa shape index (κ3) is 3.37. The second-order valence-electron chi connectivity index (χ2n) is 5.33. The second kappa shape index (κ2) is 7.06. The highest BCUT2D eigenvalue weighted by atomic mass is 32.1. The molecule has 106 valence electrons. The summed E-state index contributed by atoms with van der Waals surface area (Å²) >= 11 is 1.73. The molecule has 19 heavy (non-hydrogen) atoms. The Kier molecular flexibility index (Phi) is 5.40. The summed E-state index contributed by atoms with van der Waals surface area (Å²) in [6.07, 6.45) is 6.60. The average molecular weight is 280 g/mol. The van der Waals surface area contributed by atoms with E-state index >= 15 is 0 Å². The van der Waals surface area contributed by atoms with Crippen LogP contribution in [0.2, 0.25) is 0 Å². The zero-order valence-electron chi connectivity index (χ0n) is 11.7. The quantitative estimate of drug-likeness (QED) is 0.787. The molecular weight excluding hydrogens is 256 g/mol. The van der Waals surface area contributed by atoms with Crippen LogP contribution in [-0.2, 0) is 10.2 Å². The summed E-state index contributed by atoms with van der Waals surface area (Å²) in [7, 11) is 1.94. The van der Waals surface area contributed by atoms with Crippen molar-refractivity contribution in [1.29, 1.82) is 0 Å². The van der Waals surface area contributed by atoms with Gasteiger partial charge in [0, 0.05) is 11.4 Å². The van der Waals surface area contributed by atoms with Gasteiger partial charge in [-0.25, -0.2) is 0 Å². The number of hydrogen-bond donors (Lipinski definition) is 2. The average Bonchev–Trinajstić information content (AvgIpc) is 2.99. The van der Waals surface area contributed by atoms with E-state index in [1.807, 2.05) is 7.05 Å². The summed E-state index contributed by atoms with van der Waals surface area (Å²) < 4.78 is 0.